The van der Waals surface area contributed by atoms with Gasteiger partial charge in [-0.3, -0.25) is 4.79 Å². The SMILES string of the molecule is CCOC(=O)c1c(NC(=O)CCCOc2ccc(C(C)C)cc2)sc(C(=O)OC(C)C)c1C. The number of rotatable bonds is 11. The maximum Gasteiger partial charge on any atom is 0.348 e. The Labute approximate surface area is 199 Å². The Balaban J connectivity index is 2.00. The van der Waals surface area contributed by atoms with Crippen molar-refractivity contribution in [2.45, 2.75) is 66.4 Å². The van der Waals surface area contributed by atoms with Crippen LogP contribution < -0.4 is 10.1 Å². The molecule has 0 radical (unpaired) electrons. The molecule has 8 heteroatoms. The van der Waals surface area contributed by atoms with Gasteiger partial charge in [-0.2, -0.15) is 0 Å². The highest BCUT2D eigenvalue weighted by Gasteiger charge is 2.27. The summed E-state index contributed by atoms with van der Waals surface area (Å²) < 4.78 is 16.1. The number of amides is 1. The highest BCUT2D eigenvalue weighted by molar-refractivity contribution is 7.18. The summed E-state index contributed by atoms with van der Waals surface area (Å²) in [6.07, 6.45) is 0.401. The zero-order chi connectivity index (χ0) is 24.5. The summed E-state index contributed by atoms with van der Waals surface area (Å²) in [5.74, 6) is -0.180. The van der Waals surface area contributed by atoms with E-state index in [0.717, 1.165) is 17.1 Å². The van der Waals surface area contributed by atoms with Gasteiger partial charge < -0.3 is 19.5 Å². The van der Waals surface area contributed by atoms with E-state index in [0.29, 0.717) is 24.5 Å². The van der Waals surface area contributed by atoms with E-state index in [2.05, 4.69) is 19.2 Å². The van der Waals surface area contributed by atoms with E-state index < -0.39 is 11.9 Å². The van der Waals surface area contributed by atoms with Crippen molar-refractivity contribution in [3.8, 4) is 5.75 Å². The van der Waals surface area contributed by atoms with Gasteiger partial charge >= 0.3 is 11.9 Å². The molecule has 33 heavy (non-hydrogen) atoms. The summed E-state index contributed by atoms with van der Waals surface area (Å²) in [6, 6.07) is 7.91. The van der Waals surface area contributed by atoms with Crippen LogP contribution in [-0.2, 0) is 14.3 Å². The van der Waals surface area contributed by atoms with E-state index in [4.69, 9.17) is 14.2 Å². The Bertz CT molecular complexity index is 962. The number of benzene rings is 1. The van der Waals surface area contributed by atoms with Gasteiger partial charge in [-0.05, 0) is 63.3 Å². The van der Waals surface area contributed by atoms with Crippen LogP contribution in [0.5, 0.6) is 5.75 Å². The smallest absolute Gasteiger partial charge is 0.348 e. The first-order valence-corrected chi connectivity index (χ1v) is 12.0. The molecule has 0 fully saturated rings. The Morgan fingerprint density at radius 3 is 2.27 bits per heavy atom. The minimum absolute atomic E-state index is 0.183. The van der Waals surface area contributed by atoms with E-state index in [-0.39, 0.29) is 40.5 Å². The summed E-state index contributed by atoms with van der Waals surface area (Å²) in [7, 11) is 0. The highest BCUT2D eigenvalue weighted by atomic mass is 32.1. The third-order valence-electron chi connectivity index (χ3n) is 4.77. The van der Waals surface area contributed by atoms with Crippen molar-refractivity contribution < 1.29 is 28.6 Å². The van der Waals surface area contributed by atoms with Crippen molar-refractivity contribution in [2.75, 3.05) is 18.5 Å². The third-order valence-corrected chi connectivity index (χ3v) is 5.96. The molecule has 1 aromatic carbocycles. The summed E-state index contributed by atoms with van der Waals surface area (Å²) in [6.45, 7) is 11.7. The first-order valence-electron chi connectivity index (χ1n) is 11.2. The molecule has 0 saturated carbocycles. The number of hydrogen-bond acceptors (Lipinski definition) is 7. The molecule has 0 unspecified atom stereocenters. The maximum absolute atomic E-state index is 12.5. The molecule has 1 amide bonds. The molecule has 0 aliphatic heterocycles. The lowest BCUT2D eigenvalue weighted by Gasteiger charge is -2.09. The molecule has 2 aromatic rings. The van der Waals surface area contributed by atoms with Crippen LogP contribution in [0.15, 0.2) is 24.3 Å². The topological polar surface area (TPSA) is 90.9 Å². The van der Waals surface area contributed by atoms with E-state index in [1.807, 2.05) is 24.3 Å². The lowest BCUT2D eigenvalue weighted by Crippen LogP contribution is -2.15. The Kier molecular flexibility index (Phi) is 9.91. The Morgan fingerprint density at radius 1 is 1.03 bits per heavy atom. The molecule has 7 nitrogen and oxygen atoms in total. The molecule has 180 valence electrons. The number of carbonyl (C=O) groups excluding carboxylic acids is 3. The second-order valence-electron chi connectivity index (χ2n) is 8.16. The summed E-state index contributed by atoms with van der Waals surface area (Å²) in [4.78, 5) is 37.7. The van der Waals surface area contributed by atoms with Crippen LogP contribution in [0.2, 0.25) is 0 Å². The van der Waals surface area contributed by atoms with Crippen molar-refractivity contribution >= 4 is 34.2 Å². The standard InChI is InChI=1S/C25H33NO6S/c1-7-30-24(28)21-17(6)22(25(29)32-16(4)5)33-23(21)26-20(27)9-8-14-31-19-12-10-18(11-13-19)15(2)3/h10-13,15-16H,7-9,14H2,1-6H3,(H,26,27). The molecule has 1 aromatic heterocycles. The van der Waals surface area contributed by atoms with Gasteiger partial charge in [-0.1, -0.05) is 26.0 Å². The monoisotopic (exact) mass is 475 g/mol. The van der Waals surface area contributed by atoms with Crippen LogP contribution in [0.1, 0.15) is 84.5 Å². The first kappa shape index (κ1) is 26.4. The predicted molar refractivity (Wildman–Crippen MR) is 129 cm³/mol. The van der Waals surface area contributed by atoms with Crippen molar-refractivity contribution in [2.24, 2.45) is 0 Å². The van der Waals surface area contributed by atoms with Crippen molar-refractivity contribution in [1.82, 2.24) is 0 Å². The molecule has 0 atom stereocenters. The average molecular weight is 476 g/mol. The molecule has 0 aliphatic rings. The van der Waals surface area contributed by atoms with E-state index in [9.17, 15) is 14.4 Å². The van der Waals surface area contributed by atoms with Crippen LogP contribution in [0, 0.1) is 6.92 Å². The number of nitrogens with one attached hydrogen (secondary N) is 1. The number of carbonyl (C=O) groups is 3. The number of anilines is 1. The molecule has 1 heterocycles. The Morgan fingerprint density at radius 2 is 1.70 bits per heavy atom. The second kappa shape index (κ2) is 12.4. The van der Waals surface area contributed by atoms with Gasteiger partial charge in [0.05, 0.1) is 24.9 Å². The van der Waals surface area contributed by atoms with Gasteiger partial charge in [0.1, 0.15) is 15.6 Å². The van der Waals surface area contributed by atoms with Gasteiger partial charge in [-0.25, -0.2) is 9.59 Å². The van der Waals surface area contributed by atoms with Crippen molar-refractivity contribution in [3.63, 3.8) is 0 Å². The molecular weight excluding hydrogens is 442 g/mol. The fourth-order valence-corrected chi connectivity index (χ4v) is 4.17. The third kappa shape index (κ3) is 7.60. The lowest BCUT2D eigenvalue weighted by atomic mass is 10.0. The quantitative estimate of drug-likeness (QED) is 0.330. The van der Waals surface area contributed by atoms with E-state index >= 15 is 0 Å². The van der Waals surface area contributed by atoms with Gasteiger partial charge in [0.2, 0.25) is 5.91 Å². The fourth-order valence-electron chi connectivity index (χ4n) is 3.07. The van der Waals surface area contributed by atoms with Gasteiger partial charge in [-0.15, -0.1) is 11.3 Å². The van der Waals surface area contributed by atoms with Crippen LogP contribution in [0.4, 0.5) is 5.00 Å². The normalized spacial score (nSPS) is 10.9. The number of esters is 2. The summed E-state index contributed by atoms with van der Waals surface area (Å²) >= 11 is 1.02. The van der Waals surface area contributed by atoms with E-state index in [1.165, 1.54) is 5.56 Å². The van der Waals surface area contributed by atoms with E-state index in [1.54, 1.807) is 27.7 Å². The fraction of sp³-hybridized carbons (Fsp3) is 0.480. The molecule has 1 N–H and O–H groups in total. The van der Waals surface area contributed by atoms with Crippen molar-refractivity contribution in [3.05, 3.63) is 45.8 Å². The largest absolute Gasteiger partial charge is 0.494 e. The van der Waals surface area contributed by atoms with Gasteiger partial charge in [0.15, 0.2) is 0 Å². The number of ether oxygens (including phenoxy) is 3. The number of hydrogen-bond donors (Lipinski definition) is 1. The minimum Gasteiger partial charge on any atom is -0.494 e. The maximum atomic E-state index is 12.5. The average Bonchev–Trinajstić information content (AvgIpc) is 3.07. The minimum atomic E-state index is -0.585. The molecule has 2 rings (SSSR count). The molecule has 0 aliphatic carbocycles. The van der Waals surface area contributed by atoms with Crippen molar-refractivity contribution in [1.29, 1.82) is 0 Å². The molecule has 0 spiro atoms. The molecular formula is C25H33NO6S. The zero-order valence-electron chi connectivity index (χ0n) is 20.2. The summed E-state index contributed by atoms with van der Waals surface area (Å²) in [5, 5.41) is 3.04. The molecule has 0 saturated heterocycles. The van der Waals surface area contributed by atoms with Crippen LogP contribution >= 0.6 is 11.3 Å². The van der Waals surface area contributed by atoms with Crippen LogP contribution in [-0.4, -0.2) is 37.2 Å². The second-order valence-corrected chi connectivity index (χ2v) is 9.18. The predicted octanol–water partition coefficient (Wildman–Crippen LogP) is 5.72. The van der Waals surface area contributed by atoms with Gasteiger partial charge in [0.25, 0.3) is 0 Å². The lowest BCUT2D eigenvalue weighted by molar-refractivity contribution is -0.116. The van der Waals surface area contributed by atoms with Gasteiger partial charge in [0, 0.05) is 6.42 Å². The highest BCUT2D eigenvalue weighted by Crippen LogP contribution is 2.34. The summed E-state index contributed by atoms with van der Waals surface area (Å²) in [5.41, 5.74) is 1.86. The van der Waals surface area contributed by atoms with Crippen LogP contribution in [0.25, 0.3) is 0 Å². The van der Waals surface area contributed by atoms with Crippen LogP contribution in [0.3, 0.4) is 0 Å². The molecule has 0 bridgehead atoms. The zero-order valence-corrected chi connectivity index (χ0v) is 21.0. The Hall–Kier alpha value is -2.87. The first-order chi connectivity index (χ1) is 15.6. The number of thiophene rings is 1.